The summed E-state index contributed by atoms with van der Waals surface area (Å²) < 4.78 is 0. The number of nitrogens with zero attached hydrogens (tertiary/aromatic N) is 1. The van der Waals surface area contributed by atoms with E-state index in [1.807, 2.05) is 30.3 Å². The molecule has 0 bridgehead atoms. The molecule has 0 saturated carbocycles. The van der Waals surface area contributed by atoms with Gasteiger partial charge < -0.3 is 0 Å². The van der Waals surface area contributed by atoms with Gasteiger partial charge in [0.25, 0.3) is 0 Å². The Kier molecular flexibility index (Phi) is 3.58. The van der Waals surface area contributed by atoms with E-state index in [9.17, 15) is 10.1 Å². The average molecular weight is 251 g/mol. The van der Waals surface area contributed by atoms with Gasteiger partial charge >= 0.3 is 5.00 Å². The first-order valence-corrected chi connectivity index (χ1v) is 6.52. The normalized spacial score (nSPS) is 10.2. The maximum absolute atomic E-state index is 10.7. The molecule has 16 heavy (non-hydrogen) atoms. The molecule has 1 aromatic heterocycles. The third-order valence-corrected chi connectivity index (χ3v) is 4.12. The van der Waals surface area contributed by atoms with Crippen LogP contribution in [0, 0.1) is 10.1 Å². The molecular weight excluding hydrogens is 242 g/mol. The van der Waals surface area contributed by atoms with Crippen LogP contribution in [0.15, 0.2) is 46.7 Å². The molecule has 1 heterocycles. The highest BCUT2D eigenvalue weighted by Gasteiger charge is 2.15. The number of thiophene rings is 1. The van der Waals surface area contributed by atoms with Gasteiger partial charge in [-0.2, -0.15) is 0 Å². The van der Waals surface area contributed by atoms with Crippen LogP contribution < -0.4 is 0 Å². The summed E-state index contributed by atoms with van der Waals surface area (Å²) in [6.07, 6.45) is 0. The lowest BCUT2D eigenvalue weighted by Crippen LogP contribution is -1.86. The molecule has 5 heteroatoms. The molecule has 0 radical (unpaired) electrons. The van der Waals surface area contributed by atoms with Gasteiger partial charge in [0, 0.05) is 5.75 Å². The molecule has 0 unspecified atom stereocenters. The Labute approximate surface area is 101 Å². The zero-order valence-corrected chi connectivity index (χ0v) is 9.96. The van der Waals surface area contributed by atoms with E-state index in [0.29, 0.717) is 0 Å². The van der Waals surface area contributed by atoms with Crippen LogP contribution in [0.3, 0.4) is 0 Å². The number of benzene rings is 1. The number of nitro groups is 1. The van der Waals surface area contributed by atoms with E-state index in [-0.39, 0.29) is 9.92 Å². The van der Waals surface area contributed by atoms with Crippen LogP contribution in [0.2, 0.25) is 0 Å². The largest absolute Gasteiger partial charge is 0.337 e. The van der Waals surface area contributed by atoms with Crippen molar-refractivity contribution in [2.75, 3.05) is 0 Å². The summed E-state index contributed by atoms with van der Waals surface area (Å²) in [5, 5.41) is 12.7. The van der Waals surface area contributed by atoms with Gasteiger partial charge in [-0.1, -0.05) is 41.7 Å². The topological polar surface area (TPSA) is 43.1 Å². The highest BCUT2D eigenvalue weighted by atomic mass is 32.2. The van der Waals surface area contributed by atoms with Crippen LogP contribution in [-0.2, 0) is 5.75 Å². The minimum absolute atomic E-state index is 0.237. The fourth-order valence-electron chi connectivity index (χ4n) is 1.27. The van der Waals surface area contributed by atoms with Gasteiger partial charge in [0.05, 0.1) is 9.82 Å². The Bertz CT molecular complexity index is 482. The molecule has 0 saturated heterocycles. The fourth-order valence-corrected chi connectivity index (χ4v) is 3.16. The molecule has 2 aromatic rings. The lowest BCUT2D eigenvalue weighted by Gasteiger charge is -1.99. The molecule has 1 aromatic carbocycles. The van der Waals surface area contributed by atoms with Gasteiger partial charge in [-0.25, -0.2) is 0 Å². The van der Waals surface area contributed by atoms with Crippen molar-refractivity contribution >= 4 is 28.1 Å². The van der Waals surface area contributed by atoms with E-state index in [1.165, 1.54) is 28.7 Å². The predicted octanol–water partition coefficient (Wildman–Crippen LogP) is 3.95. The molecule has 0 N–H and O–H groups in total. The van der Waals surface area contributed by atoms with Crippen molar-refractivity contribution in [1.29, 1.82) is 0 Å². The first kappa shape index (κ1) is 11.2. The minimum atomic E-state index is -0.321. The second kappa shape index (κ2) is 5.14. The molecule has 0 aliphatic heterocycles. The maximum Gasteiger partial charge on any atom is 0.337 e. The van der Waals surface area contributed by atoms with Crippen LogP contribution in [0.25, 0.3) is 0 Å². The Morgan fingerprint density at radius 1 is 1.25 bits per heavy atom. The molecule has 0 aliphatic carbocycles. The van der Waals surface area contributed by atoms with E-state index in [2.05, 4.69) is 0 Å². The Hall–Kier alpha value is -1.33. The van der Waals surface area contributed by atoms with Crippen molar-refractivity contribution in [3.63, 3.8) is 0 Å². The SMILES string of the molecule is O=[N+]([O-])c1sccc1SCc1ccccc1. The standard InChI is InChI=1S/C11H9NO2S2/c13-12(14)11-10(6-7-15-11)16-8-9-4-2-1-3-5-9/h1-7H,8H2. The van der Waals surface area contributed by atoms with Crippen LogP contribution in [0.4, 0.5) is 5.00 Å². The van der Waals surface area contributed by atoms with Crippen LogP contribution in [0.1, 0.15) is 5.56 Å². The van der Waals surface area contributed by atoms with Crippen molar-refractivity contribution < 1.29 is 4.92 Å². The summed E-state index contributed by atoms with van der Waals surface area (Å²) in [4.78, 5) is 11.1. The monoisotopic (exact) mass is 251 g/mol. The highest BCUT2D eigenvalue weighted by Crippen LogP contribution is 2.35. The van der Waals surface area contributed by atoms with Crippen molar-refractivity contribution in [3.8, 4) is 0 Å². The van der Waals surface area contributed by atoms with E-state index >= 15 is 0 Å². The Morgan fingerprint density at radius 3 is 2.69 bits per heavy atom. The van der Waals surface area contributed by atoms with E-state index in [1.54, 1.807) is 11.4 Å². The van der Waals surface area contributed by atoms with E-state index in [4.69, 9.17) is 0 Å². The first-order chi connectivity index (χ1) is 7.77. The second-order valence-electron chi connectivity index (χ2n) is 3.12. The number of thioether (sulfide) groups is 1. The molecular formula is C11H9NO2S2. The van der Waals surface area contributed by atoms with Crippen molar-refractivity contribution in [2.45, 2.75) is 10.6 Å². The van der Waals surface area contributed by atoms with Crippen molar-refractivity contribution in [1.82, 2.24) is 0 Å². The third-order valence-electron chi connectivity index (χ3n) is 2.01. The summed E-state index contributed by atoms with van der Waals surface area (Å²) in [5.41, 5.74) is 1.17. The average Bonchev–Trinajstić information content (AvgIpc) is 2.76. The van der Waals surface area contributed by atoms with E-state index < -0.39 is 0 Å². The molecule has 0 spiro atoms. The number of hydrogen-bond donors (Lipinski definition) is 0. The predicted molar refractivity (Wildman–Crippen MR) is 67.0 cm³/mol. The molecule has 0 aliphatic rings. The summed E-state index contributed by atoms with van der Waals surface area (Å²) in [6, 6.07) is 11.7. The van der Waals surface area contributed by atoms with Crippen molar-refractivity contribution in [2.24, 2.45) is 0 Å². The Morgan fingerprint density at radius 2 is 2.00 bits per heavy atom. The summed E-state index contributed by atoms with van der Waals surface area (Å²) in [7, 11) is 0. The van der Waals surface area contributed by atoms with Gasteiger partial charge in [-0.15, -0.1) is 11.8 Å². The van der Waals surface area contributed by atoms with Crippen LogP contribution >= 0.6 is 23.1 Å². The van der Waals surface area contributed by atoms with Gasteiger partial charge in [-0.05, 0) is 17.0 Å². The lowest BCUT2D eigenvalue weighted by atomic mass is 10.2. The molecule has 2 rings (SSSR count). The van der Waals surface area contributed by atoms with Crippen LogP contribution in [0.5, 0.6) is 0 Å². The zero-order chi connectivity index (χ0) is 11.4. The fraction of sp³-hybridized carbons (Fsp3) is 0.0909. The summed E-state index contributed by atoms with van der Waals surface area (Å²) in [5.74, 6) is 0.762. The van der Waals surface area contributed by atoms with E-state index in [0.717, 1.165) is 10.6 Å². The second-order valence-corrected chi connectivity index (χ2v) is 5.03. The molecule has 3 nitrogen and oxygen atoms in total. The van der Waals surface area contributed by atoms with Gasteiger partial charge in [-0.3, -0.25) is 10.1 Å². The van der Waals surface area contributed by atoms with Gasteiger partial charge in [0.2, 0.25) is 0 Å². The maximum atomic E-state index is 10.7. The highest BCUT2D eigenvalue weighted by molar-refractivity contribution is 7.98. The molecule has 82 valence electrons. The summed E-state index contributed by atoms with van der Waals surface area (Å²) >= 11 is 2.68. The molecule has 0 fully saturated rings. The van der Waals surface area contributed by atoms with Crippen molar-refractivity contribution in [3.05, 3.63) is 57.5 Å². The smallest absolute Gasteiger partial charge is 0.258 e. The van der Waals surface area contributed by atoms with Gasteiger partial charge in [0.15, 0.2) is 0 Å². The Balaban J connectivity index is 2.05. The summed E-state index contributed by atoms with van der Waals surface area (Å²) in [6.45, 7) is 0. The zero-order valence-electron chi connectivity index (χ0n) is 8.33. The van der Waals surface area contributed by atoms with Gasteiger partial charge in [0.1, 0.15) is 0 Å². The molecule has 0 atom stereocenters. The third kappa shape index (κ3) is 2.62. The number of hydrogen-bond acceptors (Lipinski definition) is 4. The minimum Gasteiger partial charge on any atom is -0.258 e. The quantitative estimate of drug-likeness (QED) is 0.469. The first-order valence-electron chi connectivity index (χ1n) is 4.66. The lowest BCUT2D eigenvalue weighted by molar-refractivity contribution is -0.382. The number of rotatable bonds is 4. The van der Waals surface area contributed by atoms with Crippen LogP contribution in [-0.4, -0.2) is 4.92 Å². The molecule has 0 amide bonds.